The first kappa shape index (κ1) is 22.6. The highest BCUT2D eigenvalue weighted by atomic mass is 32.2. The van der Waals surface area contributed by atoms with E-state index in [-0.39, 0.29) is 22.8 Å². The van der Waals surface area contributed by atoms with Crippen LogP contribution < -0.4 is 4.90 Å². The number of thioether (sulfide) groups is 1. The summed E-state index contributed by atoms with van der Waals surface area (Å²) < 4.78 is 4.89. The van der Waals surface area contributed by atoms with E-state index in [2.05, 4.69) is 6.58 Å². The van der Waals surface area contributed by atoms with Gasteiger partial charge in [-0.25, -0.2) is 9.69 Å². The number of anilines is 1. The van der Waals surface area contributed by atoms with Crippen LogP contribution in [-0.2, 0) is 14.3 Å². The van der Waals surface area contributed by atoms with Crippen molar-refractivity contribution in [3.63, 3.8) is 0 Å². The van der Waals surface area contributed by atoms with Gasteiger partial charge in [0, 0.05) is 28.5 Å². The average Bonchev–Trinajstić information content (AvgIpc) is 3.35. The van der Waals surface area contributed by atoms with Gasteiger partial charge in [-0.05, 0) is 82.5 Å². The molecule has 1 unspecified atom stereocenters. The molecule has 0 fully saturated rings. The molecule has 3 aromatic rings. The maximum absolute atomic E-state index is 13.0. The molecule has 2 aliphatic rings. The van der Waals surface area contributed by atoms with Crippen LogP contribution in [0, 0.1) is 0 Å². The van der Waals surface area contributed by atoms with Gasteiger partial charge in [-0.15, -0.1) is 0 Å². The summed E-state index contributed by atoms with van der Waals surface area (Å²) in [6, 6.07) is 17.8. The van der Waals surface area contributed by atoms with Crippen LogP contribution in [0.5, 0.6) is 0 Å². The highest BCUT2D eigenvalue weighted by molar-refractivity contribution is 8.14. The third kappa shape index (κ3) is 4.00. The van der Waals surface area contributed by atoms with Crippen molar-refractivity contribution in [2.24, 2.45) is 0 Å². The summed E-state index contributed by atoms with van der Waals surface area (Å²) >= 11 is 1.08. The predicted molar refractivity (Wildman–Crippen MR) is 133 cm³/mol. The Morgan fingerprint density at radius 3 is 2.06 bits per heavy atom. The number of nitrogens with zero attached hydrogens (tertiary/aromatic N) is 1. The Morgan fingerprint density at radius 2 is 1.46 bits per heavy atom. The number of benzene rings is 3. The van der Waals surface area contributed by atoms with E-state index in [1.165, 1.54) is 12.2 Å². The molecule has 3 aromatic carbocycles. The van der Waals surface area contributed by atoms with Crippen molar-refractivity contribution in [3.05, 3.63) is 108 Å². The van der Waals surface area contributed by atoms with Gasteiger partial charge in [0.2, 0.25) is 5.12 Å². The summed E-state index contributed by atoms with van der Waals surface area (Å²) in [5.41, 5.74) is 5.58. The Balaban J connectivity index is 1.34. The molecule has 0 aromatic heterocycles. The molecule has 1 aliphatic carbocycles. The lowest BCUT2D eigenvalue weighted by Crippen LogP contribution is -2.29. The molecule has 5 rings (SSSR count). The number of hydrogen-bond donors (Lipinski definition) is 0. The van der Waals surface area contributed by atoms with Crippen molar-refractivity contribution in [2.45, 2.75) is 17.7 Å². The molecule has 35 heavy (non-hydrogen) atoms. The number of esters is 1. The minimum absolute atomic E-state index is 0.0117. The summed E-state index contributed by atoms with van der Waals surface area (Å²) in [5.74, 6) is -1.22. The number of imide groups is 1. The fourth-order valence-electron chi connectivity index (χ4n) is 4.38. The zero-order chi connectivity index (χ0) is 24.7. The zero-order valence-electron chi connectivity index (χ0n) is 18.7. The van der Waals surface area contributed by atoms with Crippen LogP contribution in [-0.4, -0.2) is 22.9 Å². The van der Waals surface area contributed by atoms with E-state index in [0.29, 0.717) is 21.7 Å². The number of carbonyl (C=O) groups is 4. The molecule has 2 amide bonds. The summed E-state index contributed by atoms with van der Waals surface area (Å²) in [5, 5.41) is -0.117. The maximum atomic E-state index is 13.0. The van der Waals surface area contributed by atoms with E-state index in [9.17, 15) is 19.2 Å². The Morgan fingerprint density at radius 1 is 0.886 bits per heavy atom. The van der Waals surface area contributed by atoms with Crippen molar-refractivity contribution in [1.82, 2.24) is 0 Å². The second-order valence-corrected chi connectivity index (χ2v) is 9.17. The molecule has 7 heteroatoms. The topological polar surface area (TPSA) is 80.8 Å². The highest BCUT2D eigenvalue weighted by Gasteiger charge is 2.28. The summed E-state index contributed by atoms with van der Waals surface area (Å²) in [7, 11) is 0. The van der Waals surface area contributed by atoms with Crippen molar-refractivity contribution < 1.29 is 23.9 Å². The largest absolute Gasteiger partial charge is 0.432 e. The normalized spacial score (nSPS) is 15.7. The van der Waals surface area contributed by atoms with Gasteiger partial charge >= 0.3 is 5.97 Å². The molecular formula is C28H19NO5S. The lowest BCUT2D eigenvalue weighted by Gasteiger charge is -2.14. The molecular weight excluding hydrogens is 462 g/mol. The Labute approximate surface area is 205 Å². The third-order valence-electron chi connectivity index (χ3n) is 6.10. The molecule has 172 valence electrons. The van der Waals surface area contributed by atoms with Gasteiger partial charge in [-0.2, -0.15) is 0 Å². The smallest absolute Gasteiger partial charge is 0.342 e. The van der Waals surface area contributed by atoms with E-state index >= 15 is 0 Å². The summed E-state index contributed by atoms with van der Waals surface area (Å²) in [6.45, 7) is 5.47. The molecule has 1 atom stereocenters. The number of rotatable bonds is 5. The van der Waals surface area contributed by atoms with Crippen LogP contribution >= 0.6 is 11.8 Å². The number of amides is 2. The molecule has 0 radical (unpaired) electrons. The van der Waals surface area contributed by atoms with Gasteiger partial charge in [-0.3, -0.25) is 14.4 Å². The monoisotopic (exact) mass is 481 g/mol. The maximum Gasteiger partial charge on any atom is 0.342 e. The number of fused-ring (bicyclic) bond motifs is 3. The van der Waals surface area contributed by atoms with Crippen LogP contribution in [0.1, 0.15) is 44.7 Å². The first-order chi connectivity index (χ1) is 16.9. The van der Waals surface area contributed by atoms with Gasteiger partial charge in [0.15, 0.2) is 0 Å². The summed E-state index contributed by atoms with van der Waals surface area (Å²) in [4.78, 5) is 50.6. The molecule has 1 aliphatic heterocycles. The van der Waals surface area contributed by atoms with Crippen LogP contribution in [0.15, 0.2) is 90.6 Å². The number of hydrogen-bond acceptors (Lipinski definition) is 6. The van der Waals surface area contributed by atoms with Crippen molar-refractivity contribution >= 4 is 40.3 Å². The third-order valence-corrected chi connectivity index (χ3v) is 7.03. The Hall–Kier alpha value is -4.23. The van der Waals surface area contributed by atoms with Gasteiger partial charge in [-0.1, -0.05) is 25.6 Å². The van der Waals surface area contributed by atoms with Gasteiger partial charge in [0.05, 0.1) is 17.5 Å². The second kappa shape index (κ2) is 8.85. The van der Waals surface area contributed by atoms with E-state index < -0.39 is 5.97 Å². The number of ether oxygens (including phenoxy) is 1. The lowest BCUT2D eigenvalue weighted by molar-refractivity contribution is -0.119. The van der Waals surface area contributed by atoms with E-state index in [4.69, 9.17) is 4.74 Å². The van der Waals surface area contributed by atoms with Crippen LogP contribution in [0.4, 0.5) is 5.69 Å². The Kier molecular flexibility index (Phi) is 5.70. The highest BCUT2D eigenvalue weighted by Crippen LogP contribution is 2.45. The quantitative estimate of drug-likeness (QED) is 0.208. The van der Waals surface area contributed by atoms with E-state index in [0.717, 1.165) is 45.2 Å². The Bertz CT molecular complexity index is 1440. The van der Waals surface area contributed by atoms with Crippen LogP contribution in [0.2, 0.25) is 0 Å². The molecule has 0 N–H and O–H groups in total. The summed E-state index contributed by atoms with van der Waals surface area (Å²) in [6.07, 6.45) is 3.57. The van der Waals surface area contributed by atoms with Gasteiger partial charge in [0.1, 0.15) is 0 Å². The van der Waals surface area contributed by atoms with Gasteiger partial charge < -0.3 is 4.74 Å². The average molecular weight is 482 g/mol. The lowest BCUT2D eigenvalue weighted by atomic mass is 9.97. The fourth-order valence-corrected chi connectivity index (χ4v) is 5.11. The first-order valence-corrected chi connectivity index (χ1v) is 11.7. The fraction of sp³-hybridized carbons (Fsp3) is 0.0714. The SMILES string of the molecule is C=COC(=O)c1ccc2c(c1)C(C)c1cc(C(=O)Sc3ccc(N4C(=O)C=CC4=O)cc3)ccc1-2. The van der Waals surface area contributed by atoms with Crippen LogP contribution in [0.25, 0.3) is 11.1 Å². The van der Waals surface area contributed by atoms with Crippen molar-refractivity contribution in [1.29, 1.82) is 0 Å². The minimum Gasteiger partial charge on any atom is -0.432 e. The first-order valence-electron chi connectivity index (χ1n) is 10.9. The molecule has 0 saturated carbocycles. The number of carbonyl (C=O) groups excluding carboxylic acids is 4. The van der Waals surface area contributed by atoms with Gasteiger partial charge in [0.25, 0.3) is 11.8 Å². The van der Waals surface area contributed by atoms with E-state index in [1.807, 2.05) is 31.2 Å². The molecule has 0 saturated heterocycles. The van der Waals surface area contributed by atoms with Crippen LogP contribution in [0.3, 0.4) is 0 Å². The molecule has 0 bridgehead atoms. The minimum atomic E-state index is -0.459. The molecule has 0 spiro atoms. The zero-order valence-corrected chi connectivity index (χ0v) is 19.5. The van der Waals surface area contributed by atoms with Crippen molar-refractivity contribution in [2.75, 3.05) is 4.90 Å². The molecule has 1 heterocycles. The predicted octanol–water partition coefficient (Wildman–Crippen LogP) is 5.48. The second-order valence-electron chi connectivity index (χ2n) is 8.13. The standard InChI is InChI=1S/C28H19NO5S/c1-3-34-27(32)17-4-10-21-22-11-5-18(15-24(22)16(2)23(21)14-17)28(33)35-20-8-6-19(7-9-20)29-25(30)12-13-26(29)31/h3-16H,1H2,2H3. The van der Waals surface area contributed by atoms with E-state index in [1.54, 1.807) is 36.4 Å². The molecule has 6 nitrogen and oxygen atoms in total. The van der Waals surface area contributed by atoms with Crippen molar-refractivity contribution in [3.8, 4) is 11.1 Å².